The monoisotopic (exact) mass is 272 g/mol. The molecule has 0 aromatic rings. The Morgan fingerprint density at radius 2 is 1.84 bits per heavy atom. The van der Waals surface area contributed by atoms with Crippen LogP contribution in [-0.2, 0) is 9.53 Å². The number of carbonyl (C=O) groups is 2. The maximum atomic E-state index is 11.7. The van der Waals surface area contributed by atoms with Crippen LogP contribution in [0.3, 0.4) is 0 Å². The molecule has 1 fully saturated rings. The number of rotatable bonds is 6. The third kappa shape index (κ3) is 4.38. The molecule has 0 saturated carbocycles. The van der Waals surface area contributed by atoms with Gasteiger partial charge in [0.05, 0.1) is 5.41 Å². The highest BCUT2D eigenvalue weighted by molar-refractivity contribution is 5.78. The van der Waals surface area contributed by atoms with Gasteiger partial charge in [0.25, 0.3) is 0 Å². The van der Waals surface area contributed by atoms with Gasteiger partial charge in [-0.1, -0.05) is 13.8 Å². The van der Waals surface area contributed by atoms with Crippen LogP contribution >= 0.6 is 0 Å². The molecule has 2 amide bonds. The second-order valence-electron chi connectivity index (χ2n) is 5.04. The van der Waals surface area contributed by atoms with Crippen molar-refractivity contribution >= 4 is 12.0 Å². The van der Waals surface area contributed by atoms with Crippen LogP contribution in [0, 0.1) is 5.41 Å². The van der Waals surface area contributed by atoms with Gasteiger partial charge in [-0.25, -0.2) is 4.79 Å². The van der Waals surface area contributed by atoms with E-state index in [2.05, 4.69) is 10.6 Å². The molecule has 6 heteroatoms. The Balaban J connectivity index is 2.48. The van der Waals surface area contributed by atoms with Gasteiger partial charge in [0.2, 0.25) is 0 Å². The van der Waals surface area contributed by atoms with E-state index in [-0.39, 0.29) is 18.6 Å². The number of aliphatic carboxylic acids is 1. The average Bonchev–Trinajstić information content (AvgIpc) is 2.43. The minimum absolute atomic E-state index is 0.135. The topological polar surface area (TPSA) is 87.7 Å². The van der Waals surface area contributed by atoms with Crippen LogP contribution in [0.4, 0.5) is 4.79 Å². The fraction of sp³-hybridized carbons (Fsp3) is 0.846. The number of carboxylic acid groups (broad SMARTS) is 1. The maximum absolute atomic E-state index is 11.7. The van der Waals surface area contributed by atoms with E-state index >= 15 is 0 Å². The zero-order valence-electron chi connectivity index (χ0n) is 11.7. The molecule has 0 unspecified atom stereocenters. The van der Waals surface area contributed by atoms with Crippen LogP contribution in [0.5, 0.6) is 0 Å². The van der Waals surface area contributed by atoms with Crippen molar-refractivity contribution in [2.24, 2.45) is 5.41 Å². The highest BCUT2D eigenvalue weighted by atomic mass is 16.5. The van der Waals surface area contributed by atoms with E-state index in [0.717, 1.165) is 12.8 Å². The lowest BCUT2D eigenvalue weighted by Gasteiger charge is -2.33. The van der Waals surface area contributed by atoms with Gasteiger partial charge in [-0.15, -0.1) is 0 Å². The molecular weight excluding hydrogens is 248 g/mol. The molecule has 1 heterocycles. The SMILES string of the molecule is CCC(CC)NC(=O)NCC1(C(=O)O)CCOCC1. The number of urea groups is 1. The lowest BCUT2D eigenvalue weighted by Crippen LogP contribution is -2.50. The molecule has 1 rings (SSSR count). The number of ether oxygens (including phenoxy) is 1. The molecule has 6 nitrogen and oxygen atoms in total. The first-order chi connectivity index (χ1) is 9.04. The van der Waals surface area contributed by atoms with Crippen molar-refractivity contribution in [3.05, 3.63) is 0 Å². The van der Waals surface area contributed by atoms with Crippen molar-refractivity contribution in [2.45, 2.75) is 45.6 Å². The van der Waals surface area contributed by atoms with E-state index in [1.54, 1.807) is 0 Å². The minimum atomic E-state index is -0.885. The van der Waals surface area contributed by atoms with Gasteiger partial charge >= 0.3 is 12.0 Å². The Labute approximate surface area is 113 Å². The van der Waals surface area contributed by atoms with Crippen LogP contribution in [-0.4, -0.2) is 42.9 Å². The summed E-state index contributed by atoms with van der Waals surface area (Å²) in [6, 6.07) is -0.156. The second-order valence-corrected chi connectivity index (χ2v) is 5.04. The van der Waals surface area contributed by atoms with Gasteiger partial charge < -0.3 is 20.5 Å². The number of nitrogens with one attached hydrogen (secondary N) is 2. The standard InChI is InChI=1S/C13H24N2O4/c1-3-10(4-2)15-12(18)14-9-13(11(16)17)5-7-19-8-6-13/h10H,3-9H2,1-2H3,(H,16,17)(H2,14,15,18). The van der Waals surface area contributed by atoms with E-state index in [4.69, 9.17) is 4.74 Å². The molecule has 0 aliphatic carbocycles. The molecular formula is C13H24N2O4. The van der Waals surface area contributed by atoms with Gasteiger partial charge in [-0.3, -0.25) is 4.79 Å². The maximum Gasteiger partial charge on any atom is 0.315 e. The van der Waals surface area contributed by atoms with Gasteiger partial charge in [0.15, 0.2) is 0 Å². The minimum Gasteiger partial charge on any atom is -0.481 e. The smallest absolute Gasteiger partial charge is 0.315 e. The predicted molar refractivity (Wildman–Crippen MR) is 71.0 cm³/mol. The molecule has 1 saturated heterocycles. The summed E-state index contributed by atoms with van der Waals surface area (Å²) < 4.78 is 5.19. The molecule has 19 heavy (non-hydrogen) atoms. The lowest BCUT2D eigenvalue weighted by atomic mass is 9.80. The summed E-state index contributed by atoms with van der Waals surface area (Å²) in [6.45, 7) is 5.03. The first kappa shape index (κ1) is 15.8. The summed E-state index contributed by atoms with van der Waals surface area (Å²) in [5, 5.41) is 14.9. The Bertz CT molecular complexity index is 310. The number of carbonyl (C=O) groups excluding carboxylic acids is 1. The fourth-order valence-electron chi connectivity index (χ4n) is 2.21. The molecule has 110 valence electrons. The first-order valence-electron chi connectivity index (χ1n) is 6.89. The Morgan fingerprint density at radius 1 is 1.26 bits per heavy atom. The first-order valence-corrected chi connectivity index (χ1v) is 6.89. The van der Waals surface area contributed by atoms with E-state index < -0.39 is 11.4 Å². The number of hydrogen-bond donors (Lipinski definition) is 3. The number of hydrogen-bond acceptors (Lipinski definition) is 3. The third-order valence-electron chi connectivity index (χ3n) is 3.81. The van der Waals surface area contributed by atoms with E-state index in [1.165, 1.54) is 0 Å². The molecule has 3 N–H and O–H groups in total. The number of amides is 2. The van der Waals surface area contributed by atoms with E-state index in [0.29, 0.717) is 26.1 Å². The zero-order chi connectivity index (χ0) is 14.3. The van der Waals surface area contributed by atoms with Crippen molar-refractivity contribution < 1.29 is 19.4 Å². The molecule has 1 aliphatic heterocycles. The van der Waals surface area contributed by atoms with Crippen LogP contribution in [0.15, 0.2) is 0 Å². The van der Waals surface area contributed by atoms with Crippen LogP contribution in [0.1, 0.15) is 39.5 Å². The van der Waals surface area contributed by atoms with Crippen LogP contribution in [0.25, 0.3) is 0 Å². The Kier molecular flexibility index (Phi) is 6.08. The van der Waals surface area contributed by atoms with Gasteiger partial charge in [0.1, 0.15) is 0 Å². The molecule has 0 aromatic heterocycles. The molecule has 1 aliphatic rings. The van der Waals surface area contributed by atoms with Crippen LogP contribution < -0.4 is 10.6 Å². The molecule has 0 radical (unpaired) electrons. The highest BCUT2D eigenvalue weighted by Crippen LogP contribution is 2.29. The fourth-order valence-corrected chi connectivity index (χ4v) is 2.21. The normalized spacial score (nSPS) is 18.1. The van der Waals surface area contributed by atoms with E-state index in [1.807, 2.05) is 13.8 Å². The second kappa shape index (κ2) is 7.33. The van der Waals surface area contributed by atoms with Crippen molar-refractivity contribution in [1.29, 1.82) is 0 Å². The predicted octanol–water partition coefficient (Wildman–Crippen LogP) is 1.36. The highest BCUT2D eigenvalue weighted by Gasteiger charge is 2.40. The summed E-state index contributed by atoms with van der Waals surface area (Å²) in [5.74, 6) is -0.862. The summed E-state index contributed by atoms with van der Waals surface area (Å²) >= 11 is 0. The largest absolute Gasteiger partial charge is 0.481 e. The van der Waals surface area contributed by atoms with Crippen molar-refractivity contribution in [2.75, 3.05) is 19.8 Å². The zero-order valence-corrected chi connectivity index (χ0v) is 11.7. The molecule has 0 spiro atoms. The Hall–Kier alpha value is -1.30. The van der Waals surface area contributed by atoms with Crippen LogP contribution in [0.2, 0.25) is 0 Å². The molecule has 0 bridgehead atoms. The van der Waals surface area contributed by atoms with Crippen molar-refractivity contribution in [1.82, 2.24) is 10.6 Å². The number of carboxylic acids is 1. The average molecular weight is 272 g/mol. The lowest BCUT2D eigenvalue weighted by molar-refractivity contribution is -0.154. The summed E-state index contributed by atoms with van der Waals surface area (Å²) in [6.07, 6.45) is 2.60. The third-order valence-corrected chi connectivity index (χ3v) is 3.81. The summed E-state index contributed by atoms with van der Waals surface area (Å²) in [5.41, 5.74) is -0.885. The summed E-state index contributed by atoms with van der Waals surface area (Å²) in [7, 11) is 0. The summed E-state index contributed by atoms with van der Waals surface area (Å²) in [4.78, 5) is 23.1. The van der Waals surface area contributed by atoms with Gasteiger partial charge in [-0.05, 0) is 25.7 Å². The van der Waals surface area contributed by atoms with E-state index in [9.17, 15) is 14.7 Å². The Morgan fingerprint density at radius 3 is 2.32 bits per heavy atom. The van der Waals surface area contributed by atoms with Gasteiger partial charge in [-0.2, -0.15) is 0 Å². The van der Waals surface area contributed by atoms with Crippen molar-refractivity contribution in [3.63, 3.8) is 0 Å². The van der Waals surface area contributed by atoms with Crippen molar-refractivity contribution in [3.8, 4) is 0 Å². The van der Waals surface area contributed by atoms with Gasteiger partial charge in [0, 0.05) is 25.8 Å². The molecule has 0 aromatic carbocycles. The molecule has 0 atom stereocenters. The quantitative estimate of drug-likeness (QED) is 0.681.